The number of rotatable bonds is 4. The van der Waals surface area contributed by atoms with Crippen molar-refractivity contribution in [2.75, 3.05) is 23.3 Å². The minimum absolute atomic E-state index is 0.226. The lowest BCUT2D eigenvalue weighted by molar-refractivity contribution is -0.137. The van der Waals surface area contributed by atoms with E-state index in [1.807, 2.05) is 24.8 Å². The van der Waals surface area contributed by atoms with Gasteiger partial charge >= 0.3 is 6.18 Å². The van der Waals surface area contributed by atoms with E-state index in [9.17, 15) is 18.0 Å². The molecule has 1 fully saturated rings. The minimum atomic E-state index is -4.54. The quantitative estimate of drug-likeness (QED) is 0.654. The molecule has 3 aromatic rings. The van der Waals surface area contributed by atoms with Crippen LogP contribution in [-0.4, -0.2) is 38.7 Å². The van der Waals surface area contributed by atoms with E-state index in [1.165, 1.54) is 24.5 Å². The maximum atomic E-state index is 13.3. The number of benzene rings is 1. The Bertz CT molecular complexity index is 1130. The van der Waals surface area contributed by atoms with E-state index in [-0.39, 0.29) is 5.69 Å². The number of carbonyl (C=O) groups excluding carboxylic acids is 1. The summed E-state index contributed by atoms with van der Waals surface area (Å²) < 4.78 is 41.5. The molecule has 2 aromatic heterocycles. The van der Waals surface area contributed by atoms with Gasteiger partial charge in [0.15, 0.2) is 5.82 Å². The Morgan fingerprint density at radius 1 is 1.12 bits per heavy atom. The molecular weight excluding hydrogens is 421 g/mol. The highest BCUT2D eigenvalue weighted by Crippen LogP contribution is 2.35. The highest BCUT2D eigenvalue weighted by Gasteiger charge is 2.34. The Labute approximate surface area is 183 Å². The van der Waals surface area contributed by atoms with Gasteiger partial charge in [0.25, 0.3) is 0 Å². The van der Waals surface area contributed by atoms with Crippen LogP contribution in [0.25, 0.3) is 5.82 Å². The van der Waals surface area contributed by atoms with Gasteiger partial charge in [0.1, 0.15) is 12.1 Å². The molecule has 1 aliphatic rings. The molecule has 10 heteroatoms. The number of hydrogen-bond donors (Lipinski definition) is 1. The molecule has 0 radical (unpaired) electrons. The van der Waals surface area contributed by atoms with Gasteiger partial charge in [-0.05, 0) is 44.9 Å². The summed E-state index contributed by atoms with van der Waals surface area (Å²) in [5.74, 6) is 0.374. The number of aryl methyl sites for hydroxylation is 2. The van der Waals surface area contributed by atoms with Gasteiger partial charge in [-0.1, -0.05) is 12.1 Å². The number of alkyl halides is 3. The molecule has 3 heterocycles. The monoisotopic (exact) mass is 444 g/mol. The zero-order chi connectivity index (χ0) is 22.9. The first-order valence-corrected chi connectivity index (χ1v) is 10.3. The van der Waals surface area contributed by atoms with Crippen molar-refractivity contribution in [3.63, 3.8) is 0 Å². The van der Waals surface area contributed by atoms with Crippen LogP contribution in [0, 0.1) is 19.8 Å². The molecule has 1 aliphatic heterocycles. The second-order valence-corrected chi connectivity index (χ2v) is 7.89. The molecule has 0 saturated carbocycles. The fourth-order valence-electron chi connectivity index (χ4n) is 3.96. The largest absolute Gasteiger partial charge is 0.418 e. The van der Waals surface area contributed by atoms with Crippen LogP contribution in [-0.2, 0) is 11.0 Å². The first kappa shape index (κ1) is 21.8. The number of anilines is 2. The average molecular weight is 444 g/mol. The van der Waals surface area contributed by atoms with Crippen molar-refractivity contribution in [3.8, 4) is 5.82 Å². The Balaban J connectivity index is 1.50. The highest BCUT2D eigenvalue weighted by molar-refractivity contribution is 5.93. The van der Waals surface area contributed by atoms with Crippen LogP contribution >= 0.6 is 0 Å². The average Bonchev–Trinajstić information content (AvgIpc) is 3.11. The molecule has 1 atom stereocenters. The molecule has 0 aliphatic carbocycles. The predicted molar refractivity (Wildman–Crippen MR) is 114 cm³/mol. The number of amides is 1. The zero-order valence-electron chi connectivity index (χ0n) is 17.7. The number of aromatic nitrogens is 4. The van der Waals surface area contributed by atoms with Gasteiger partial charge in [-0.15, -0.1) is 0 Å². The van der Waals surface area contributed by atoms with E-state index >= 15 is 0 Å². The number of halogens is 3. The normalized spacial score (nSPS) is 16.8. The van der Waals surface area contributed by atoms with Crippen molar-refractivity contribution in [1.82, 2.24) is 19.7 Å². The van der Waals surface area contributed by atoms with Gasteiger partial charge in [0.05, 0.1) is 22.9 Å². The molecule has 1 N–H and O–H groups in total. The molecule has 0 bridgehead atoms. The summed E-state index contributed by atoms with van der Waals surface area (Å²) in [5.41, 5.74) is 0.727. The number of carbonyl (C=O) groups is 1. The van der Waals surface area contributed by atoms with Crippen molar-refractivity contribution in [1.29, 1.82) is 0 Å². The molecule has 168 valence electrons. The molecule has 1 aromatic carbocycles. The van der Waals surface area contributed by atoms with Crippen LogP contribution in [0.2, 0.25) is 0 Å². The van der Waals surface area contributed by atoms with E-state index in [2.05, 4.69) is 20.4 Å². The van der Waals surface area contributed by atoms with Crippen molar-refractivity contribution in [2.24, 2.45) is 5.92 Å². The summed E-state index contributed by atoms with van der Waals surface area (Å²) in [6, 6.07) is 8.76. The number of nitrogens with one attached hydrogen (secondary N) is 1. The van der Waals surface area contributed by atoms with Crippen LogP contribution in [0.3, 0.4) is 0 Å². The van der Waals surface area contributed by atoms with Gasteiger partial charge in [-0.25, -0.2) is 14.6 Å². The molecule has 1 amide bonds. The van der Waals surface area contributed by atoms with Crippen LogP contribution in [0.5, 0.6) is 0 Å². The molecule has 1 unspecified atom stereocenters. The Morgan fingerprint density at radius 2 is 1.88 bits per heavy atom. The molecule has 7 nitrogen and oxygen atoms in total. The van der Waals surface area contributed by atoms with E-state index in [4.69, 9.17) is 0 Å². The third kappa shape index (κ3) is 4.58. The number of piperidine rings is 1. The lowest BCUT2D eigenvalue weighted by atomic mass is 9.96. The summed E-state index contributed by atoms with van der Waals surface area (Å²) in [5, 5.41) is 6.91. The first-order chi connectivity index (χ1) is 15.2. The summed E-state index contributed by atoms with van der Waals surface area (Å²) in [4.78, 5) is 23.4. The SMILES string of the molecule is Cc1cc(C)n(-c2cc(N3CCCC(C(=O)Nc4ccccc4C(F)(F)F)C3)ncn2)n1. The third-order valence-corrected chi connectivity index (χ3v) is 5.47. The van der Waals surface area contributed by atoms with Crippen molar-refractivity contribution >= 4 is 17.4 Å². The molecule has 32 heavy (non-hydrogen) atoms. The van der Waals surface area contributed by atoms with E-state index in [0.29, 0.717) is 31.1 Å². The second kappa shape index (κ2) is 8.60. The van der Waals surface area contributed by atoms with Gasteiger partial charge < -0.3 is 10.2 Å². The van der Waals surface area contributed by atoms with Gasteiger partial charge in [-0.3, -0.25) is 4.79 Å². The van der Waals surface area contributed by atoms with E-state index < -0.39 is 23.6 Å². The Morgan fingerprint density at radius 3 is 2.59 bits per heavy atom. The van der Waals surface area contributed by atoms with E-state index in [0.717, 1.165) is 23.9 Å². The number of hydrogen-bond acceptors (Lipinski definition) is 5. The van der Waals surface area contributed by atoms with Gasteiger partial charge in [-0.2, -0.15) is 18.3 Å². The van der Waals surface area contributed by atoms with Gasteiger partial charge in [0, 0.05) is 24.8 Å². The summed E-state index contributed by atoms with van der Waals surface area (Å²) in [7, 11) is 0. The molecule has 4 rings (SSSR count). The minimum Gasteiger partial charge on any atom is -0.356 e. The van der Waals surface area contributed by atoms with Crippen LogP contribution in [0.15, 0.2) is 42.7 Å². The fourth-order valence-corrected chi connectivity index (χ4v) is 3.96. The van der Waals surface area contributed by atoms with Crippen molar-refractivity contribution in [2.45, 2.75) is 32.9 Å². The van der Waals surface area contributed by atoms with Crippen LogP contribution < -0.4 is 10.2 Å². The number of nitrogens with zero attached hydrogens (tertiary/aromatic N) is 5. The zero-order valence-corrected chi connectivity index (χ0v) is 17.7. The Kier molecular flexibility index (Phi) is 5.86. The van der Waals surface area contributed by atoms with Crippen LogP contribution in [0.4, 0.5) is 24.7 Å². The molecule has 1 saturated heterocycles. The lowest BCUT2D eigenvalue weighted by Crippen LogP contribution is -2.41. The maximum Gasteiger partial charge on any atom is 0.418 e. The first-order valence-electron chi connectivity index (χ1n) is 10.3. The highest BCUT2D eigenvalue weighted by atomic mass is 19.4. The standard InChI is InChI=1S/C22H23F3N6O/c1-14-10-15(2)31(29-14)20-11-19(26-13-27-20)30-9-5-6-16(12-30)21(32)28-18-8-4-3-7-17(18)22(23,24)25/h3-4,7-8,10-11,13,16H,5-6,9,12H2,1-2H3,(H,28,32). The third-order valence-electron chi connectivity index (χ3n) is 5.47. The second-order valence-electron chi connectivity index (χ2n) is 7.89. The number of para-hydroxylation sites is 1. The van der Waals surface area contributed by atoms with Crippen molar-refractivity contribution in [3.05, 3.63) is 59.7 Å². The van der Waals surface area contributed by atoms with Crippen LogP contribution in [0.1, 0.15) is 29.8 Å². The summed E-state index contributed by atoms with van der Waals surface area (Å²) in [6.45, 7) is 4.88. The fraction of sp³-hybridized carbons (Fsp3) is 0.364. The predicted octanol–water partition coefficient (Wildman–Crippen LogP) is 4.15. The van der Waals surface area contributed by atoms with Crippen molar-refractivity contribution < 1.29 is 18.0 Å². The molecule has 0 spiro atoms. The molecular formula is C22H23F3N6O. The van der Waals surface area contributed by atoms with E-state index in [1.54, 1.807) is 10.7 Å². The smallest absolute Gasteiger partial charge is 0.356 e. The Hall–Kier alpha value is -3.43. The summed E-state index contributed by atoms with van der Waals surface area (Å²) in [6.07, 6.45) is -1.78. The summed E-state index contributed by atoms with van der Waals surface area (Å²) >= 11 is 0. The topological polar surface area (TPSA) is 75.9 Å². The maximum absolute atomic E-state index is 13.3. The van der Waals surface area contributed by atoms with Gasteiger partial charge in [0.2, 0.25) is 5.91 Å². The lowest BCUT2D eigenvalue weighted by Gasteiger charge is -2.33.